The Balaban J connectivity index is 2.36. The number of aliphatic carboxylic acids is 1. The normalized spacial score (nSPS) is 13.9. The zero-order chi connectivity index (χ0) is 26.9. The summed E-state index contributed by atoms with van der Waals surface area (Å²) < 4.78 is 7.03. The van der Waals surface area contributed by atoms with E-state index in [9.17, 15) is 14.7 Å². The number of urea groups is 1. The lowest BCUT2D eigenvalue weighted by Gasteiger charge is -2.43. The van der Waals surface area contributed by atoms with E-state index in [-0.39, 0.29) is 17.0 Å². The fourth-order valence-corrected chi connectivity index (χ4v) is 9.41. The molecule has 2 aromatic rings. The molecule has 0 fully saturated rings. The number of carbonyl (C=O) groups excluding carboxylic acids is 1. The van der Waals surface area contributed by atoms with Crippen LogP contribution < -0.4 is 21.0 Å². The van der Waals surface area contributed by atoms with E-state index in [1.807, 2.05) is 50.2 Å². The largest absolute Gasteiger partial charge is 0.480 e. The number of benzene rings is 2. The van der Waals surface area contributed by atoms with Crippen molar-refractivity contribution in [1.29, 1.82) is 0 Å². The molecule has 0 spiro atoms. The quantitative estimate of drug-likeness (QED) is 0.357. The summed E-state index contributed by atoms with van der Waals surface area (Å²) in [7, 11) is -2.75. The van der Waals surface area contributed by atoms with Gasteiger partial charge in [0.25, 0.3) is 8.32 Å². The van der Waals surface area contributed by atoms with Crippen LogP contribution >= 0.6 is 0 Å². The van der Waals surface area contributed by atoms with Gasteiger partial charge < -0.3 is 20.2 Å². The molecule has 0 saturated heterocycles. The molecule has 0 unspecified atom stereocenters. The monoisotopic (exact) mass is 512 g/mol. The molecule has 0 aliphatic carbocycles. The van der Waals surface area contributed by atoms with E-state index in [2.05, 4.69) is 69.5 Å². The van der Waals surface area contributed by atoms with Crippen LogP contribution in [0.25, 0.3) is 0 Å². The first kappa shape index (κ1) is 29.6. The van der Waals surface area contributed by atoms with Gasteiger partial charge in [-0.05, 0) is 40.1 Å². The Bertz CT molecular complexity index is 919. The highest BCUT2D eigenvalue weighted by atomic mass is 28.4. The first-order valence-corrected chi connectivity index (χ1v) is 14.8. The van der Waals surface area contributed by atoms with Gasteiger partial charge in [-0.15, -0.1) is 0 Å². The summed E-state index contributed by atoms with van der Waals surface area (Å²) >= 11 is 0. The molecule has 0 saturated carbocycles. The van der Waals surface area contributed by atoms with Crippen LogP contribution in [0.15, 0.2) is 60.7 Å². The van der Waals surface area contributed by atoms with E-state index in [1.165, 1.54) is 10.4 Å². The van der Waals surface area contributed by atoms with Crippen LogP contribution in [-0.2, 0) is 9.22 Å². The number of rotatable bonds is 12. The van der Waals surface area contributed by atoms with Crippen molar-refractivity contribution in [2.24, 2.45) is 11.8 Å². The lowest BCUT2D eigenvalue weighted by molar-refractivity contribution is -0.139. The van der Waals surface area contributed by atoms with Gasteiger partial charge in [0.2, 0.25) is 0 Å². The Labute approximate surface area is 218 Å². The van der Waals surface area contributed by atoms with Crippen molar-refractivity contribution in [2.45, 2.75) is 78.4 Å². The Morgan fingerprint density at radius 3 is 1.69 bits per heavy atom. The third-order valence-corrected chi connectivity index (χ3v) is 11.3. The maximum atomic E-state index is 12.9. The second-order valence-electron chi connectivity index (χ2n) is 11.4. The lowest BCUT2D eigenvalue weighted by atomic mass is 10.0. The minimum absolute atomic E-state index is 0.149. The molecule has 0 bridgehead atoms. The molecule has 2 aromatic carbocycles. The van der Waals surface area contributed by atoms with E-state index in [4.69, 9.17) is 4.43 Å². The number of carbonyl (C=O) groups is 2. The second kappa shape index (κ2) is 13.1. The first-order valence-electron chi connectivity index (χ1n) is 12.9. The van der Waals surface area contributed by atoms with Crippen LogP contribution in [0.4, 0.5) is 4.79 Å². The number of amides is 2. The Morgan fingerprint density at radius 2 is 1.31 bits per heavy atom. The minimum Gasteiger partial charge on any atom is -0.480 e. The maximum absolute atomic E-state index is 12.9. The zero-order valence-corrected chi connectivity index (χ0v) is 23.9. The van der Waals surface area contributed by atoms with Gasteiger partial charge in [-0.25, -0.2) is 9.59 Å². The molecule has 36 heavy (non-hydrogen) atoms. The van der Waals surface area contributed by atoms with E-state index in [0.29, 0.717) is 25.4 Å². The standard InChI is InChI=1S/C29H44N2O4Si/c1-21(2)18-23(30-28(34)31-26(27(32)33)19-22(3)4)20-35-36(29(5,6)7,24-14-10-8-11-15-24)25-16-12-9-13-17-25/h8-17,21-23,26H,18-20H2,1-7H3,(H,32,33)(H2,30,31,34)/t23-,26+/m0/s1. The summed E-state index contributed by atoms with van der Waals surface area (Å²) in [4.78, 5) is 24.5. The molecular weight excluding hydrogens is 468 g/mol. The van der Waals surface area contributed by atoms with Crippen molar-refractivity contribution in [1.82, 2.24) is 10.6 Å². The molecule has 0 aliphatic rings. The molecule has 0 aromatic heterocycles. The molecule has 6 nitrogen and oxygen atoms in total. The van der Waals surface area contributed by atoms with Crippen molar-refractivity contribution < 1.29 is 19.1 Å². The van der Waals surface area contributed by atoms with Gasteiger partial charge in [0.05, 0.1) is 12.6 Å². The topological polar surface area (TPSA) is 87.7 Å². The molecule has 0 aliphatic heterocycles. The van der Waals surface area contributed by atoms with Gasteiger partial charge in [0.15, 0.2) is 0 Å². The Kier molecular flexibility index (Phi) is 10.7. The van der Waals surface area contributed by atoms with Crippen LogP contribution in [0.3, 0.4) is 0 Å². The maximum Gasteiger partial charge on any atom is 0.326 e. The number of carboxylic acid groups (broad SMARTS) is 1. The number of nitrogens with one attached hydrogen (secondary N) is 2. The molecular formula is C29H44N2O4Si. The Hall–Kier alpha value is -2.64. The predicted molar refractivity (Wildman–Crippen MR) is 149 cm³/mol. The van der Waals surface area contributed by atoms with Gasteiger partial charge in [-0.3, -0.25) is 0 Å². The molecule has 2 amide bonds. The van der Waals surface area contributed by atoms with Crippen LogP contribution in [0, 0.1) is 11.8 Å². The smallest absolute Gasteiger partial charge is 0.326 e. The van der Waals surface area contributed by atoms with Crippen molar-refractivity contribution in [3.63, 3.8) is 0 Å². The van der Waals surface area contributed by atoms with Crippen molar-refractivity contribution >= 4 is 30.7 Å². The highest BCUT2D eigenvalue weighted by molar-refractivity contribution is 6.99. The van der Waals surface area contributed by atoms with E-state index < -0.39 is 26.4 Å². The fourth-order valence-electron chi connectivity index (χ4n) is 4.80. The minimum atomic E-state index is -2.75. The van der Waals surface area contributed by atoms with E-state index in [0.717, 1.165) is 0 Å². The average Bonchev–Trinajstić information content (AvgIpc) is 2.78. The van der Waals surface area contributed by atoms with Crippen LogP contribution in [0.5, 0.6) is 0 Å². The molecule has 3 N–H and O–H groups in total. The summed E-state index contributed by atoms with van der Waals surface area (Å²) in [5.74, 6) is -0.553. The average molecular weight is 513 g/mol. The highest BCUT2D eigenvalue weighted by Crippen LogP contribution is 2.37. The predicted octanol–water partition coefficient (Wildman–Crippen LogP) is 4.78. The van der Waals surface area contributed by atoms with E-state index >= 15 is 0 Å². The van der Waals surface area contributed by atoms with Crippen molar-refractivity contribution in [3.8, 4) is 0 Å². The second-order valence-corrected chi connectivity index (χ2v) is 15.7. The fraction of sp³-hybridized carbons (Fsp3) is 0.517. The highest BCUT2D eigenvalue weighted by Gasteiger charge is 2.50. The third-order valence-electron chi connectivity index (χ3n) is 6.32. The summed E-state index contributed by atoms with van der Waals surface area (Å²) in [6.07, 6.45) is 1.09. The van der Waals surface area contributed by atoms with Gasteiger partial charge >= 0.3 is 12.0 Å². The lowest BCUT2D eigenvalue weighted by Crippen LogP contribution is -2.67. The van der Waals surface area contributed by atoms with Crippen LogP contribution in [0.2, 0.25) is 5.04 Å². The summed E-state index contributed by atoms with van der Waals surface area (Å²) in [5, 5.41) is 17.4. The molecule has 0 heterocycles. The molecule has 7 heteroatoms. The summed E-state index contributed by atoms with van der Waals surface area (Å²) in [5.41, 5.74) is 0. The van der Waals surface area contributed by atoms with E-state index in [1.54, 1.807) is 0 Å². The third kappa shape index (κ3) is 7.93. The Morgan fingerprint density at radius 1 is 0.833 bits per heavy atom. The van der Waals surface area contributed by atoms with Gasteiger partial charge in [-0.1, -0.05) is 109 Å². The van der Waals surface area contributed by atoms with Crippen molar-refractivity contribution in [2.75, 3.05) is 6.61 Å². The number of carboxylic acids is 1. The summed E-state index contributed by atoms with van der Waals surface area (Å²) in [6.45, 7) is 15.1. The summed E-state index contributed by atoms with van der Waals surface area (Å²) in [6, 6.07) is 19.1. The van der Waals surface area contributed by atoms with Crippen LogP contribution in [0.1, 0.15) is 61.3 Å². The van der Waals surface area contributed by atoms with Gasteiger partial charge in [-0.2, -0.15) is 0 Å². The number of hydrogen-bond donors (Lipinski definition) is 3. The first-order chi connectivity index (χ1) is 16.9. The molecule has 2 atom stereocenters. The zero-order valence-electron chi connectivity index (χ0n) is 22.9. The van der Waals surface area contributed by atoms with Gasteiger partial charge in [0.1, 0.15) is 6.04 Å². The SMILES string of the molecule is CC(C)C[C@@H](CO[Si](c1ccccc1)(c1ccccc1)C(C)(C)C)NC(=O)N[C@H](CC(C)C)C(=O)O. The van der Waals surface area contributed by atoms with Crippen LogP contribution in [-0.4, -0.2) is 44.1 Å². The van der Waals surface area contributed by atoms with Gasteiger partial charge in [0, 0.05) is 0 Å². The number of hydrogen-bond acceptors (Lipinski definition) is 3. The molecule has 2 rings (SSSR count). The molecule has 198 valence electrons. The molecule has 0 radical (unpaired) electrons. The van der Waals surface area contributed by atoms with Crippen molar-refractivity contribution in [3.05, 3.63) is 60.7 Å².